The van der Waals surface area contributed by atoms with Gasteiger partial charge in [0.15, 0.2) is 0 Å². The number of hydrogen-bond donors (Lipinski definition) is 0. The molecule has 0 aliphatic carbocycles. The van der Waals surface area contributed by atoms with Crippen LogP contribution in [0.4, 0.5) is 4.39 Å². The summed E-state index contributed by atoms with van der Waals surface area (Å²) in [7, 11) is 0. The molecule has 0 bridgehead atoms. The number of carbonyl (C=O) groups excluding carboxylic acids is 1. The SMILES string of the molecule is CC(C)OC(=O)c1nnc2sc(-c3cccc(F)c3)nn12. The first-order valence-corrected chi connectivity index (χ1v) is 7.05. The van der Waals surface area contributed by atoms with Crippen molar-refractivity contribution in [1.29, 1.82) is 0 Å². The molecule has 0 amide bonds. The van der Waals surface area contributed by atoms with Crippen molar-refractivity contribution in [2.24, 2.45) is 0 Å². The summed E-state index contributed by atoms with van der Waals surface area (Å²) < 4.78 is 19.6. The van der Waals surface area contributed by atoms with E-state index in [9.17, 15) is 9.18 Å². The third kappa shape index (κ3) is 2.62. The molecular weight excluding hydrogens is 295 g/mol. The number of esters is 1. The molecular formula is C13H11FN4O2S. The smallest absolute Gasteiger partial charge is 0.378 e. The topological polar surface area (TPSA) is 69.4 Å². The normalized spacial score (nSPS) is 11.2. The van der Waals surface area contributed by atoms with Gasteiger partial charge in [0.05, 0.1) is 6.10 Å². The summed E-state index contributed by atoms with van der Waals surface area (Å²) in [5.41, 5.74) is 0.619. The molecule has 0 aliphatic rings. The first-order valence-electron chi connectivity index (χ1n) is 6.24. The van der Waals surface area contributed by atoms with Gasteiger partial charge in [-0.15, -0.1) is 10.2 Å². The van der Waals surface area contributed by atoms with Gasteiger partial charge in [-0.2, -0.15) is 9.61 Å². The van der Waals surface area contributed by atoms with E-state index in [-0.39, 0.29) is 17.7 Å². The molecule has 0 atom stereocenters. The van der Waals surface area contributed by atoms with Gasteiger partial charge >= 0.3 is 5.97 Å². The number of aromatic nitrogens is 4. The standard InChI is InChI=1S/C13H11FN4O2S/c1-7(2)20-12(19)10-15-16-13-18(10)17-11(21-13)8-4-3-5-9(14)6-8/h3-7H,1-2H3. The maximum atomic E-state index is 13.3. The van der Waals surface area contributed by atoms with Gasteiger partial charge in [-0.3, -0.25) is 0 Å². The van der Waals surface area contributed by atoms with Gasteiger partial charge in [-0.05, 0) is 26.0 Å². The van der Waals surface area contributed by atoms with E-state index in [0.29, 0.717) is 15.5 Å². The fourth-order valence-corrected chi connectivity index (χ4v) is 2.58. The van der Waals surface area contributed by atoms with Crippen LogP contribution in [0.1, 0.15) is 24.5 Å². The second-order valence-electron chi connectivity index (χ2n) is 4.59. The molecule has 0 unspecified atom stereocenters. The highest BCUT2D eigenvalue weighted by molar-refractivity contribution is 7.19. The van der Waals surface area contributed by atoms with Gasteiger partial charge in [0, 0.05) is 5.56 Å². The molecule has 8 heteroatoms. The van der Waals surface area contributed by atoms with Gasteiger partial charge in [-0.1, -0.05) is 23.5 Å². The van der Waals surface area contributed by atoms with Crippen LogP contribution in [-0.4, -0.2) is 31.9 Å². The summed E-state index contributed by atoms with van der Waals surface area (Å²) in [6.07, 6.45) is -0.258. The molecule has 108 valence electrons. The van der Waals surface area contributed by atoms with Gasteiger partial charge in [0.2, 0.25) is 4.96 Å². The molecule has 0 fully saturated rings. The lowest BCUT2D eigenvalue weighted by Gasteiger charge is -2.04. The van der Waals surface area contributed by atoms with E-state index in [1.807, 2.05) is 0 Å². The molecule has 0 aliphatic heterocycles. The van der Waals surface area contributed by atoms with Crippen LogP contribution in [0.15, 0.2) is 24.3 Å². The van der Waals surface area contributed by atoms with Crippen molar-refractivity contribution in [2.75, 3.05) is 0 Å². The highest BCUT2D eigenvalue weighted by Gasteiger charge is 2.20. The minimum absolute atomic E-state index is 0.0117. The summed E-state index contributed by atoms with van der Waals surface area (Å²) in [5.74, 6) is -0.927. The van der Waals surface area contributed by atoms with Crippen LogP contribution in [-0.2, 0) is 4.74 Å². The third-order valence-electron chi connectivity index (χ3n) is 2.59. The number of benzene rings is 1. The summed E-state index contributed by atoms with van der Waals surface area (Å²) >= 11 is 1.22. The summed E-state index contributed by atoms with van der Waals surface area (Å²) in [4.78, 5) is 12.3. The molecule has 2 heterocycles. The fraction of sp³-hybridized carbons (Fsp3) is 0.231. The van der Waals surface area contributed by atoms with Crippen molar-refractivity contribution in [3.05, 3.63) is 35.9 Å². The van der Waals surface area contributed by atoms with Crippen molar-refractivity contribution in [2.45, 2.75) is 20.0 Å². The molecule has 1 aromatic carbocycles. The zero-order chi connectivity index (χ0) is 15.0. The summed E-state index contributed by atoms with van der Waals surface area (Å²) in [6, 6.07) is 6.06. The van der Waals surface area contributed by atoms with E-state index in [1.165, 1.54) is 28.0 Å². The van der Waals surface area contributed by atoms with Crippen molar-refractivity contribution < 1.29 is 13.9 Å². The maximum absolute atomic E-state index is 13.3. The van der Waals surface area contributed by atoms with Gasteiger partial charge < -0.3 is 4.74 Å². The number of ether oxygens (including phenoxy) is 1. The Labute approximate surface area is 123 Å². The number of rotatable bonds is 3. The number of halogens is 1. The van der Waals surface area contributed by atoms with Crippen molar-refractivity contribution in [3.63, 3.8) is 0 Å². The Morgan fingerprint density at radius 2 is 2.19 bits per heavy atom. The number of hydrogen-bond acceptors (Lipinski definition) is 6. The van der Waals surface area contributed by atoms with Crippen LogP contribution in [0.25, 0.3) is 15.5 Å². The Morgan fingerprint density at radius 3 is 2.90 bits per heavy atom. The molecule has 0 saturated heterocycles. The number of fused-ring (bicyclic) bond motifs is 1. The predicted octanol–water partition coefficient (Wildman–Crippen LogP) is 2.56. The van der Waals surface area contributed by atoms with Crippen LogP contribution in [0.5, 0.6) is 0 Å². The van der Waals surface area contributed by atoms with E-state index in [2.05, 4.69) is 15.3 Å². The van der Waals surface area contributed by atoms with Crippen molar-refractivity contribution >= 4 is 22.3 Å². The zero-order valence-electron chi connectivity index (χ0n) is 11.3. The van der Waals surface area contributed by atoms with E-state index in [1.54, 1.807) is 26.0 Å². The Hall–Kier alpha value is -2.35. The average molecular weight is 306 g/mol. The summed E-state index contributed by atoms with van der Waals surface area (Å²) in [6.45, 7) is 3.49. The maximum Gasteiger partial charge on any atom is 0.378 e. The second-order valence-corrected chi connectivity index (χ2v) is 5.55. The van der Waals surface area contributed by atoms with Crippen LogP contribution in [0.2, 0.25) is 0 Å². The molecule has 21 heavy (non-hydrogen) atoms. The molecule has 0 N–H and O–H groups in total. The third-order valence-corrected chi connectivity index (χ3v) is 3.54. The van der Waals surface area contributed by atoms with Crippen LogP contribution < -0.4 is 0 Å². The van der Waals surface area contributed by atoms with Crippen LogP contribution in [0.3, 0.4) is 0 Å². The molecule has 6 nitrogen and oxygen atoms in total. The predicted molar refractivity (Wildman–Crippen MR) is 74.6 cm³/mol. The molecule has 0 radical (unpaired) electrons. The molecule has 0 spiro atoms. The molecule has 3 rings (SSSR count). The second kappa shape index (κ2) is 5.21. The molecule has 2 aromatic heterocycles. The van der Waals surface area contributed by atoms with E-state index in [4.69, 9.17) is 4.74 Å². The largest absolute Gasteiger partial charge is 0.457 e. The van der Waals surface area contributed by atoms with Crippen molar-refractivity contribution in [1.82, 2.24) is 19.8 Å². The van der Waals surface area contributed by atoms with E-state index < -0.39 is 5.97 Å². The fourth-order valence-electron chi connectivity index (χ4n) is 1.75. The average Bonchev–Trinajstić information content (AvgIpc) is 2.96. The minimum Gasteiger partial charge on any atom is -0.457 e. The lowest BCUT2D eigenvalue weighted by molar-refractivity contribution is 0.0360. The first-order chi connectivity index (χ1) is 10.0. The Bertz CT molecular complexity index is 811. The Morgan fingerprint density at radius 1 is 1.38 bits per heavy atom. The van der Waals surface area contributed by atoms with Gasteiger partial charge in [0.25, 0.3) is 5.82 Å². The highest BCUT2D eigenvalue weighted by atomic mass is 32.1. The highest BCUT2D eigenvalue weighted by Crippen LogP contribution is 2.25. The van der Waals surface area contributed by atoms with E-state index in [0.717, 1.165) is 0 Å². The zero-order valence-corrected chi connectivity index (χ0v) is 12.1. The molecule has 0 saturated carbocycles. The monoisotopic (exact) mass is 306 g/mol. The van der Waals surface area contributed by atoms with Crippen LogP contribution in [0, 0.1) is 5.82 Å². The lowest BCUT2D eigenvalue weighted by atomic mass is 10.2. The van der Waals surface area contributed by atoms with Gasteiger partial charge in [-0.25, -0.2) is 9.18 Å². The lowest BCUT2D eigenvalue weighted by Crippen LogP contribution is -2.15. The Kier molecular flexibility index (Phi) is 3.38. The first kappa shape index (κ1) is 13.6. The number of nitrogens with zero attached hydrogens (tertiary/aromatic N) is 4. The Balaban J connectivity index is 2.02. The minimum atomic E-state index is -0.589. The van der Waals surface area contributed by atoms with Gasteiger partial charge in [0.1, 0.15) is 10.8 Å². The number of carbonyl (C=O) groups is 1. The van der Waals surface area contributed by atoms with E-state index >= 15 is 0 Å². The van der Waals surface area contributed by atoms with Crippen LogP contribution >= 0.6 is 11.3 Å². The quantitative estimate of drug-likeness (QED) is 0.696. The van der Waals surface area contributed by atoms with Crippen molar-refractivity contribution in [3.8, 4) is 10.6 Å². The summed E-state index contributed by atoms with van der Waals surface area (Å²) in [5, 5.41) is 12.5. The molecule has 3 aromatic rings.